The Kier molecular flexibility index (Phi) is 5.56. The number of imidazole rings is 1. The van der Waals surface area contributed by atoms with Crippen LogP contribution in [0.5, 0.6) is 5.75 Å². The molecule has 1 aromatic heterocycles. The molecule has 2 aromatic rings. The first-order valence-corrected chi connectivity index (χ1v) is 7.12. The summed E-state index contributed by atoms with van der Waals surface area (Å²) in [4.78, 5) is 0. The van der Waals surface area contributed by atoms with Crippen molar-refractivity contribution in [2.24, 2.45) is 7.05 Å². The Bertz CT molecular complexity index is 456. The third-order valence-electron chi connectivity index (χ3n) is 2.26. The molecule has 0 fully saturated rings. The summed E-state index contributed by atoms with van der Waals surface area (Å²) >= 11 is 0.471. The second-order valence-corrected chi connectivity index (χ2v) is 5.68. The second kappa shape index (κ2) is 6.70. The topological polar surface area (TPSA) is 18.0 Å². The maximum atomic E-state index is 5.13. The molecule has 3 nitrogen and oxygen atoms in total. The summed E-state index contributed by atoms with van der Waals surface area (Å²) in [5.41, 5.74) is 1.07. The van der Waals surface area contributed by atoms with Crippen LogP contribution in [-0.2, 0) is 12.5 Å². The first-order chi connectivity index (χ1) is 7.78. The minimum Gasteiger partial charge on any atom is -1.00 e. The van der Waals surface area contributed by atoms with Crippen LogP contribution in [0.2, 0.25) is 0 Å². The quantitative estimate of drug-likeness (QED) is 0.444. The van der Waals surface area contributed by atoms with Crippen molar-refractivity contribution < 1.29 is 21.7 Å². The van der Waals surface area contributed by atoms with Gasteiger partial charge in [0.05, 0.1) is 0 Å². The molecule has 2 rings (SSSR count). The van der Waals surface area contributed by atoms with E-state index in [1.807, 2.05) is 19.2 Å². The molecule has 5 heteroatoms. The van der Waals surface area contributed by atoms with Gasteiger partial charge in [-0.3, -0.25) is 0 Å². The molecule has 0 radical (unpaired) electrons. The molecule has 0 bridgehead atoms. The van der Waals surface area contributed by atoms with Crippen LogP contribution in [0.1, 0.15) is 0 Å². The number of aryl methyl sites for hydroxylation is 1. The third-order valence-corrected chi connectivity index (χ3v) is 4.43. The monoisotopic (exact) mass is 318 g/mol. The van der Waals surface area contributed by atoms with E-state index in [2.05, 4.69) is 40.0 Å². The van der Waals surface area contributed by atoms with Crippen molar-refractivity contribution in [3.63, 3.8) is 0 Å². The van der Waals surface area contributed by atoms with Gasteiger partial charge in [0.15, 0.2) is 0 Å². The van der Waals surface area contributed by atoms with Gasteiger partial charge in [0.25, 0.3) is 0 Å². The molecule has 0 saturated carbocycles. The van der Waals surface area contributed by atoms with Gasteiger partial charge in [0, 0.05) is 0 Å². The van der Waals surface area contributed by atoms with Crippen LogP contribution in [-0.4, -0.2) is 26.6 Å². The Labute approximate surface area is 114 Å². The second-order valence-electron chi connectivity index (χ2n) is 3.54. The van der Waals surface area contributed by atoms with Crippen LogP contribution in [0.15, 0.2) is 43.0 Å². The summed E-state index contributed by atoms with van der Waals surface area (Å²) in [6, 6.07) is 8.32. The van der Waals surface area contributed by atoms with Crippen molar-refractivity contribution in [2.75, 3.05) is 7.11 Å². The molecule has 0 aliphatic rings. The van der Waals surface area contributed by atoms with Crippen LogP contribution >= 0.6 is 0 Å². The number of nitrogens with zero attached hydrogens (tertiary/aromatic N) is 2. The van der Waals surface area contributed by atoms with E-state index in [1.165, 1.54) is 4.46 Å². The largest absolute Gasteiger partial charge is 1.00 e. The molecule has 92 valence electrons. The van der Waals surface area contributed by atoms with Crippen molar-refractivity contribution >= 4 is 19.4 Å². The summed E-state index contributed by atoms with van der Waals surface area (Å²) in [6.07, 6.45) is 6.26. The van der Waals surface area contributed by atoms with Gasteiger partial charge in [-0.1, -0.05) is 0 Å². The number of rotatable bonds is 4. The van der Waals surface area contributed by atoms with Gasteiger partial charge < -0.3 is 12.4 Å². The van der Waals surface area contributed by atoms with E-state index in [-0.39, 0.29) is 12.4 Å². The van der Waals surface area contributed by atoms with Crippen LogP contribution in [0.3, 0.4) is 0 Å². The minimum absolute atomic E-state index is 0. The fourth-order valence-electron chi connectivity index (χ4n) is 1.40. The Hall–Kier alpha value is -0.961. The molecule has 1 heterocycles. The van der Waals surface area contributed by atoms with Gasteiger partial charge in [-0.2, -0.15) is 0 Å². The number of methoxy groups -OCH3 is 1. The predicted molar refractivity (Wildman–Crippen MR) is 64.0 cm³/mol. The number of ether oxygens (including phenoxy) is 1. The molecule has 0 unspecified atom stereocenters. The molecular weight excluding hydrogens is 303 g/mol. The Morgan fingerprint density at radius 3 is 2.53 bits per heavy atom. The number of hydrogen-bond donors (Lipinski definition) is 0. The number of hydrogen-bond acceptors (Lipinski definition) is 1. The van der Waals surface area contributed by atoms with E-state index in [4.69, 9.17) is 4.74 Å². The zero-order valence-corrected chi connectivity index (χ0v) is 12.3. The number of halogens is 1. The predicted octanol–water partition coefficient (Wildman–Crippen LogP) is -2.69. The fourth-order valence-corrected chi connectivity index (χ4v) is 3.03. The first kappa shape index (κ1) is 14.1. The molecule has 0 spiro atoms. The molecule has 0 aliphatic heterocycles. The summed E-state index contributed by atoms with van der Waals surface area (Å²) in [6.45, 7) is 0. The van der Waals surface area contributed by atoms with Crippen LogP contribution in [0.25, 0.3) is 0 Å². The van der Waals surface area contributed by atoms with E-state index in [1.54, 1.807) is 7.11 Å². The van der Waals surface area contributed by atoms with Gasteiger partial charge in [0.1, 0.15) is 0 Å². The number of aromatic nitrogens is 2. The van der Waals surface area contributed by atoms with Gasteiger partial charge in [0.2, 0.25) is 0 Å². The first-order valence-electron chi connectivity index (χ1n) is 5.06. The third kappa shape index (κ3) is 4.08. The molecule has 17 heavy (non-hydrogen) atoms. The molecule has 0 aliphatic carbocycles. The summed E-state index contributed by atoms with van der Waals surface area (Å²) in [5, 5.41) is 0. The van der Waals surface area contributed by atoms with E-state index in [9.17, 15) is 0 Å². The molecule has 1 aromatic carbocycles. The van der Waals surface area contributed by atoms with Gasteiger partial charge in [-0.25, -0.2) is 0 Å². The van der Waals surface area contributed by atoms with Crippen molar-refractivity contribution in [3.05, 3.63) is 43.0 Å². The van der Waals surface area contributed by atoms with E-state index >= 15 is 0 Å². The van der Waals surface area contributed by atoms with E-state index < -0.39 is 0 Å². The standard InChI is InChI=1S/C12H15N2OSe.ClH/c1-13-7-8-14(9-13)10-16-12-5-3-11(15-2)4-6-12;/h3-9H,10H2,1-2H3;1H/q+1;/p-1. The summed E-state index contributed by atoms with van der Waals surface area (Å²) in [5.74, 6) is 0.923. The van der Waals surface area contributed by atoms with Gasteiger partial charge in [-0.05, 0) is 0 Å². The smallest absolute Gasteiger partial charge is 1.00 e. The van der Waals surface area contributed by atoms with Crippen molar-refractivity contribution in [2.45, 2.75) is 5.44 Å². The molecule has 0 atom stereocenters. The molecular formula is C12H15ClN2OSe. The Morgan fingerprint density at radius 2 is 2.00 bits per heavy atom. The van der Waals surface area contributed by atoms with Crippen LogP contribution in [0, 0.1) is 0 Å². The van der Waals surface area contributed by atoms with Crippen molar-refractivity contribution in [1.29, 1.82) is 0 Å². The van der Waals surface area contributed by atoms with Crippen LogP contribution < -0.4 is 26.2 Å². The Morgan fingerprint density at radius 1 is 1.29 bits per heavy atom. The van der Waals surface area contributed by atoms with Crippen LogP contribution in [0.4, 0.5) is 0 Å². The van der Waals surface area contributed by atoms with Gasteiger partial charge in [-0.15, -0.1) is 0 Å². The summed E-state index contributed by atoms with van der Waals surface area (Å²) < 4.78 is 10.8. The van der Waals surface area contributed by atoms with E-state index in [0.29, 0.717) is 15.0 Å². The van der Waals surface area contributed by atoms with Gasteiger partial charge >= 0.3 is 102 Å². The SMILES string of the molecule is COc1ccc([Se]Cn2cc[n+](C)c2)cc1.[Cl-]. The molecule has 0 amide bonds. The number of benzene rings is 1. The maximum absolute atomic E-state index is 5.13. The zero-order chi connectivity index (χ0) is 11.4. The molecule has 0 N–H and O–H groups in total. The fraction of sp³-hybridized carbons (Fsp3) is 0.250. The average Bonchev–Trinajstić information content (AvgIpc) is 2.73. The maximum Gasteiger partial charge on any atom is -1.00 e. The van der Waals surface area contributed by atoms with E-state index in [0.717, 1.165) is 11.2 Å². The Balaban J connectivity index is 0.00000144. The average molecular weight is 318 g/mol. The van der Waals surface area contributed by atoms with Crippen molar-refractivity contribution in [1.82, 2.24) is 4.57 Å². The summed E-state index contributed by atoms with van der Waals surface area (Å²) in [7, 11) is 3.73. The minimum atomic E-state index is 0. The molecule has 0 saturated heterocycles. The normalized spacial score (nSPS) is 9.76. The zero-order valence-electron chi connectivity index (χ0n) is 9.84. The van der Waals surface area contributed by atoms with Crippen molar-refractivity contribution in [3.8, 4) is 5.75 Å².